The number of aliphatic hydroxyl groups is 1. The van der Waals surface area contributed by atoms with E-state index in [0.29, 0.717) is 18.8 Å². The zero-order valence-electron chi connectivity index (χ0n) is 15.9. The highest BCUT2D eigenvalue weighted by Gasteiger charge is 2.31. The molecule has 1 amide bonds. The predicted molar refractivity (Wildman–Crippen MR) is 99.9 cm³/mol. The van der Waals surface area contributed by atoms with Gasteiger partial charge in [0, 0.05) is 19.2 Å². The van der Waals surface area contributed by atoms with E-state index in [1.165, 1.54) is 17.0 Å². The van der Waals surface area contributed by atoms with Crippen molar-refractivity contribution in [2.45, 2.75) is 24.6 Å². The molecule has 2 aromatic rings. The maximum Gasteiger partial charge on any atom is 0.416 e. The van der Waals surface area contributed by atoms with Crippen LogP contribution in [-0.4, -0.2) is 48.8 Å². The molecule has 1 aliphatic heterocycles. The number of hydrogen-bond acceptors (Lipinski definition) is 4. The van der Waals surface area contributed by atoms with Crippen molar-refractivity contribution in [3.63, 3.8) is 0 Å². The molecule has 0 bridgehead atoms. The lowest BCUT2D eigenvalue weighted by molar-refractivity contribution is -0.137. The van der Waals surface area contributed by atoms with E-state index in [0.717, 1.165) is 17.7 Å². The first kappa shape index (κ1) is 21.0. The second kappa shape index (κ2) is 8.73. The number of likely N-dealkylation sites (N-methyl/N-ethyl adjacent to an activating group) is 1. The Balaban J connectivity index is 1.53. The molecule has 0 radical (unpaired) electrons. The molecule has 0 saturated carbocycles. The molecule has 8 heteroatoms. The van der Waals surface area contributed by atoms with Crippen molar-refractivity contribution in [1.82, 2.24) is 4.90 Å². The molecule has 5 nitrogen and oxygen atoms in total. The summed E-state index contributed by atoms with van der Waals surface area (Å²) in [6.07, 6.45) is -4.84. The van der Waals surface area contributed by atoms with E-state index < -0.39 is 17.8 Å². The highest BCUT2D eigenvalue weighted by molar-refractivity contribution is 5.84. The Hall–Kier alpha value is -2.74. The van der Waals surface area contributed by atoms with E-state index in [1.807, 2.05) is 24.3 Å². The number of benzene rings is 2. The van der Waals surface area contributed by atoms with Crippen molar-refractivity contribution in [3.05, 3.63) is 59.7 Å². The third-order valence-electron chi connectivity index (χ3n) is 4.74. The van der Waals surface area contributed by atoms with Gasteiger partial charge in [-0.2, -0.15) is 13.2 Å². The summed E-state index contributed by atoms with van der Waals surface area (Å²) in [5.41, 5.74) is 0.0542. The fourth-order valence-corrected chi connectivity index (χ4v) is 3.26. The second-order valence-electron chi connectivity index (χ2n) is 6.93. The van der Waals surface area contributed by atoms with Gasteiger partial charge in [-0.25, -0.2) is 0 Å². The Kier molecular flexibility index (Phi) is 6.32. The minimum Gasteiger partial charge on any atom is -0.493 e. The van der Waals surface area contributed by atoms with Crippen LogP contribution in [0.2, 0.25) is 0 Å². The van der Waals surface area contributed by atoms with Gasteiger partial charge in [-0.3, -0.25) is 4.79 Å². The van der Waals surface area contributed by atoms with Gasteiger partial charge in [0.1, 0.15) is 24.2 Å². The van der Waals surface area contributed by atoms with Crippen LogP contribution in [0, 0.1) is 0 Å². The summed E-state index contributed by atoms with van der Waals surface area (Å²) in [6.45, 7) is 0.340. The van der Waals surface area contributed by atoms with Crippen molar-refractivity contribution < 1.29 is 32.5 Å². The largest absolute Gasteiger partial charge is 0.493 e. The van der Waals surface area contributed by atoms with Gasteiger partial charge in [0.15, 0.2) is 0 Å². The van der Waals surface area contributed by atoms with Crippen LogP contribution in [0.25, 0.3) is 0 Å². The molecule has 1 heterocycles. The maximum absolute atomic E-state index is 12.8. The molecule has 29 heavy (non-hydrogen) atoms. The zero-order valence-corrected chi connectivity index (χ0v) is 15.9. The monoisotopic (exact) mass is 409 g/mol. The summed E-state index contributed by atoms with van der Waals surface area (Å²) in [5, 5.41) is 10.2. The first-order valence-electron chi connectivity index (χ1n) is 9.20. The number of carbonyl (C=O) groups excluding carboxylic acids is 1. The molecule has 0 fully saturated rings. The number of hydrogen-bond donors (Lipinski definition) is 1. The van der Waals surface area contributed by atoms with Crippen LogP contribution in [0.4, 0.5) is 13.2 Å². The minimum atomic E-state index is -4.41. The lowest BCUT2D eigenvalue weighted by Gasteiger charge is -2.29. The van der Waals surface area contributed by atoms with Crippen LogP contribution in [0.1, 0.15) is 23.5 Å². The summed E-state index contributed by atoms with van der Waals surface area (Å²) in [4.78, 5) is 14.3. The van der Waals surface area contributed by atoms with Gasteiger partial charge in [0.05, 0.1) is 18.1 Å². The highest BCUT2D eigenvalue weighted by atomic mass is 19.4. The van der Waals surface area contributed by atoms with E-state index >= 15 is 0 Å². The normalized spacial score (nSPS) is 17.1. The molecule has 0 unspecified atom stereocenters. The number of amides is 1. The van der Waals surface area contributed by atoms with Gasteiger partial charge in [0.25, 0.3) is 0 Å². The third-order valence-corrected chi connectivity index (χ3v) is 4.74. The summed E-state index contributed by atoms with van der Waals surface area (Å²) >= 11 is 0. The average molecular weight is 409 g/mol. The SMILES string of the molecule is CN(C[C@@H](O)COc1ccc(C(F)(F)F)cc1)C(=O)[C@H]1CCOc2ccccc21. The van der Waals surface area contributed by atoms with Gasteiger partial charge in [-0.15, -0.1) is 0 Å². The average Bonchev–Trinajstić information content (AvgIpc) is 2.71. The molecule has 2 atom stereocenters. The summed E-state index contributed by atoms with van der Waals surface area (Å²) in [7, 11) is 1.60. The molecule has 0 aliphatic carbocycles. The van der Waals surface area contributed by atoms with Gasteiger partial charge in [-0.1, -0.05) is 18.2 Å². The number of rotatable bonds is 6. The van der Waals surface area contributed by atoms with Crippen LogP contribution in [0.15, 0.2) is 48.5 Å². The quantitative estimate of drug-likeness (QED) is 0.794. The van der Waals surface area contributed by atoms with Gasteiger partial charge in [0.2, 0.25) is 5.91 Å². The van der Waals surface area contributed by atoms with Gasteiger partial charge in [-0.05, 0) is 36.8 Å². The van der Waals surface area contributed by atoms with Crippen molar-refractivity contribution in [2.75, 3.05) is 26.8 Å². The highest BCUT2D eigenvalue weighted by Crippen LogP contribution is 2.34. The smallest absolute Gasteiger partial charge is 0.416 e. The number of nitrogens with zero attached hydrogens (tertiary/aromatic N) is 1. The number of para-hydroxylation sites is 1. The Morgan fingerprint density at radius 2 is 1.93 bits per heavy atom. The number of aliphatic hydroxyl groups excluding tert-OH is 1. The fraction of sp³-hybridized carbons (Fsp3) is 0.381. The molecular formula is C21H22F3NO4. The lowest BCUT2D eigenvalue weighted by Crippen LogP contribution is -2.40. The molecule has 1 aliphatic rings. The molecular weight excluding hydrogens is 387 g/mol. The Morgan fingerprint density at radius 3 is 2.62 bits per heavy atom. The maximum atomic E-state index is 12.8. The first-order chi connectivity index (χ1) is 13.8. The van der Waals surface area contributed by atoms with Crippen LogP contribution in [0.5, 0.6) is 11.5 Å². The van der Waals surface area contributed by atoms with Crippen LogP contribution in [-0.2, 0) is 11.0 Å². The van der Waals surface area contributed by atoms with E-state index in [-0.39, 0.29) is 30.7 Å². The van der Waals surface area contributed by atoms with Crippen molar-refractivity contribution >= 4 is 5.91 Å². The number of carbonyl (C=O) groups is 1. The number of halogens is 3. The molecule has 2 aromatic carbocycles. The molecule has 0 spiro atoms. The summed E-state index contributed by atoms with van der Waals surface area (Å²) in [6, 6.07) is 11.6. The van der Waals surface area contributed by atoms with Crippen LogP contribution < -0.4 is 9.47 Å². The molecule has 0 aromatic heterocycles. The van der Waals surface area contributed by atoms with Crippen molar-refractivity contribution in [2.24, 2.45) is 0 Å². The predicted octanol–water partition coefficient (Wildman–Crippen LogP) is 3.47. The van der Waals surface area contributed by atoms with E-state index in [1.54, 1.807) is 7.05 Å². The van der Waals surface area contributed by atoms with Gasteiger partial charge < -0.3 is 19.5 Å². The van der Waals surface area contributed by atoms with E-state index in [9.17, 15) is 23.1 Å². The zero-order chi connectivity index (χ0) is 21.0. The molecule has 3 rings (SSSR count). The van der Waals surface area contributed by atoms with E-state index in [4.69, 9.17) is 9.47 Å². The molecule has 0 saturated heterocycles. The van der Waals surface area contributed by atoms with Crippen LogP contribution in [0.3, 0.4) is 0 Å². The van der Waals surface area contributed by atoms with Crippen LogP contribution >= 0.6 is 0 Å². The van der Waals surface area contributed by atoms with E-state index in [2.05, 4.69) is 0 Å². The summed E-state index contributed by atoms with van der Waals surface area (Å²) in [5.74, 6) is 0.434. The standard InChI is InChI=1S/C21H22F3NO4/c1-25(20(27)18-10-11-28-19-5-3-2-4-17(18)19)12-15(26)13-29-16-8-6-14(7-9-16)21(22,23)24/h2-9,15,18,26H,10-13H2,1H3/t15-,18+/m1/s1. The van der Waals surface area contributed by atoms with Crippen molar-refractivity contribution in [1.29, 1.82) is 0 Å². The fourth-order valence-electron chi connectivity index (χ4n) is 3.26. The van der Waals surface area contributed by atoms with Gasteiger partial charge >= 0.3 is 6.18 Å². The number of alkyl halides is 3. The molecule has 156 valence electrons. The number of ether oxygens (including phenoxy) is 2. The molecule has 1 N–H and O–H groups in total. The Labute approximate surface area is 166 Å². The van der Waals surface area contributed by atoms with Crippen molar-refractivity contribution in [3.8, 4) is 11.5 Å². The topological polar surface area (TPSA) is 59.0 Å². The minimum absolute atomic E-state index is 0.0407. The summed E-state index contributed by atoms with van der Waals surface area (Å²) < 4.78 is 48.6. The second-order valence-corrected chi connectivity index (χ2v) is 6.93. The Bertz CT molecular complexity index is 839. The lowest BCUT2D eigenvalue weighted by atomic mass is 9.92. The Morgan fingerprint density at radius 1 is 1.24 bits per heavy atom. The third kappa shape index (κ3) is 5.20. The first-order valence-corrected chi connectivity index (χ1v) is 9.20. The number of fused-ring (bicyclic) bond motifs is 1.